The Morgan fingerprint density at radius 3 is 2.56 bits per heavy atom. The molecule has 3 aliphatic rings. The monoisotopic (exact) mass is 346 g/mol. The van der Waals surface area contributed by atoms with Gasteiger partial charge in [-0.1, -0.05) is 30.3 Å². The molecule has 4 rings (SSSR count). The van der Waals surface area contributed by atoms with E-state index in [2.05, 4.69) is 0 Å². The van der Waals surface area contributed by atoms with Crippen molar-refractivity contribution in [2.24, 2.45) is 0 Å². The molecule has 6 heteroatoms. The number of ether oxygens (including phenoxy) is 5. The van der Waals surface area contributed by atoms with Crippen molar-refractivity contribution in [1.82, 2.24) is 0 Å². The van der Waals surface area contributed by atoms with E-state index in [1.807, 2.05) is 44.2 Å². The van der Waals surface area contributed by atoms with Gasteiger partial charge in [0.05, 0.1) is 6.61 Å². The van der Waals surface area contributed by atoms with Crippen LogP contribution in [0.1, 0.15) is 26.3 Å². The average Bonchev–Trinajstić information content (AvgIpc) is 3.16. The Hall–Kier alpha value is -1.73. The molecule has 0 amide bonds. The lowest BCUT2D eigenvalue weighted by Crippen LogP contribution is -2.42. The Labute approximate surface area is 146 Å². The summed E-state index contributed by atoms with van der Waals surface area (Å²) in [6, 6.07) is 9.89. The van der Waals surface area contributed by atoms with Crippen LogP contribution in [0, 0.1) is 0 Å². The molecular formula is C19H22O6. The first-order chi connectivity index (χ1) is 11.9. The number of carbonyl (C=O) groups excluding carboxylic acids is 1. The van der Waals surface area contributed by atoms with Crippen molar-refractivity contribution in [1.29, 1.82) is 0 Å². The molecule has 3 aliphatic heterocycles. The van der Waals surface area contributed by atoms with Crippen LogP contribution in [0.3, 0.4) is 0 Å². The lowest BCUT2D eigenvalue weighted by atomic mass is 10.0. The summed E-state index contributed by atoms with van der Waals surface area (Å²) in [6.45, 7) is 5.84. The molecule has 134 valence electrons. The summed E-state index contributed by atoms with van der Waals surface area (Å²) in [5.41, 5.74) is 1.63. The minimum absolute atomic E-state index is 0.324. The molecule has 25 heavy (non-hydrogen) atoms. The summed E-state index contributed by atoms with van der Waals surface area (Å²) in [5, 5.41) is 0. The molecule has 0 spiro atoms. The number of benzene rings is 1. The summed E-state index contributed by atoms with van der Waals surface area (Å²) in [7, 11) is 0. The lowest BCUT2D eigenvalue weighted by Gasteiger charge is -2.28. The van der Waals surface area contributed by atoms with Crippen molar-refractivity contribution < 1.29 is 28.5 Å². The van der Waals surface area contributed by atoms with Crippen LogP contribution in [0.15, 0.2) is 42.0 Å². The second-order valence-corrected chi connectivity index (χ2v) is 7.05. The van der Waals surface area contributed by atoms with E-state index < -0.39 is 30.4 Å². The maximum Gasteiger partial charge on any atom is 0.334 e. The second-order valence-electron chi connectivity index (χ2n) is 7.05. The third kappa shape index (κ3) is 3.22. The van der Waals surface area contributed by atoms with Crippen LogP contribution < -0.4 is 0 Å². The van der Waals surface area contributed by atoms with Gasteiger partial charge in [0.25, 0.3) is 0 Å². The molecule has 0 unspecified atom stereocenters. The maximum absolute atomic E-state index is 11.7. The Balaban J connectivity index is 1.53. The Kier molecular flexibility index (Phi) is 4.16. The number of cyclic esters (lactones) is 1. The predicted octanol–water partition coefficient (Wildman–Crippen LogP) is 2.32. The minimum Gasteiger partial charge on any atom is -0.452 e. The molecule has 0 aliphatic carbocycles. The van der Waals surface area contributed by atoms with E-state index in [1.54, 1.807) is 13.0 Å². The molecule has 0 aromatic heterocycles. The van der Waals surface area contributed by atoms with Crippen molar-refractivity contribution >= 4 is 5.97 Å². The average molecular weight is 346 g/mol. The van der Waals surface area contributed by atoms with E-state index in [1.165, 1.54) is 0 Å². The smallest absolute Gasteiger partial charge is 0.334 e. The highest BCUT2D eigenvalue weighted by atomic mass is 16.8. The Morgan fingerprint density at radius 1 is 1.12 bits per heavy atom. The first-order valence-electron chi connectivity index (χ1n) is 8.49. The molecule has 0 radical (unpaired) electrons. The molecule has 1 aromatic rings. The molecular weight excluding hydrogens is 324 g/mol. The van der Waals surface area contributed by atoms with Crippen LogP contribution in [0.25, 0.3) is 0 Å². The highest BCUT2D eigenvalue weighted by molar-refractivity contribution is 5.90. The topological polar surface area (TPSA) is 63.2 Å². The fraction of sp³-hybridized carbons (Fsp3) is 0.526. The molecule has 3 heterocycles. The van der Waals surface area contributed by atoms with Crippen LogP contribution in [-0.2, 0) is 35.1 Å². The van der Waals surface area contributed by atoms with E-state index in [4.69, 9.17) is 23.7 Å². The zero-order chi connectivity index (χ0) is 17.6. The van der Waals surface area contributed by atoms with E-state index in [9.17, 15) is 4.79 Å². The summed E-state index contributed by atoms with van der Waals surface area (Å²) in [6.07, 6.45) is -0.472. The van der Waals surface area contributed by atoms with Crippen LogP contribution in [0.5, 0.6) is 0 Å². The van der Waals surface area contributed by atoms with Gasteiger partial charge in [0.2, 0.25) is 0 Å². The number of esters is 1. The van der Waals surface area contributed by atoms with Crippen molar-refractivity contribution in [2.75, 3.05) is 0 Å². The molecule has 6 nitrogen and oxygen atoms in total. The fourth-order valence-corrected chi connectivity index (χ4v) is 3.45. The van der Waals surface area contributed by atoms with Gasteiger partial charge in [0, 0.05) is 5.57 Å². The number of rotatable bonds is 4. The SMILES string of the molecule is CC1=C[C@H]([C@H]2O[C@@H]3OC(C)(C)O[C@@H]3[C@H]2OCc2ccccc2)OC1=O. The Morgan fingerprint density at radius 2 is 1.88 bits per heavy atom. The van der Waals surface area contributed by atoms with Gasteiger partial charge in [-0.05, 0) is 32.4 Å². The van der Waals surface area contributed by atoms with Gasteiger partial charge in [-0.2, -0.15) is 0 Å². The highest BCUT2D eigenvalue weighted by Gasteiger charge is 2.58. The van der Waals surface area contributed by atoms with Crippen molar-refractivity contribution in [3.8, 4) is 0 Å². The van der Waals surface area contributed by atoms with Gasteiger partial charge < -0.3 is 23.7 Å². The molecule has 1 aromatic carbocycles. The molecule has 0 N–H and O–H groups in total. The zero-order valence-corrected chi connectivity index (χ0v) is 14.5. The van der Waals surface area contributed by atoms with Gasteiger partial charge in [-0.3, -0.25) is 0 Å². The minimum atomic E-state index is -0.729. The van der Waals surface area contributed by atoms with E-state index >= 15 is 0 Å². The molecule has 0 bridgehead atoms. The third-order valence-corrected chi connectivity index (χ3v) is 4.62. The van der Waals surface area contributed by atoms with Crippen LogP contribution in [0.2, 0.25) is 0 Å². The second kappa shape index (κ2) is 6.21. The number of hydrogen-bond donors (Lipinski definition) is 0. The van der Waals surface area contributed by atoms with Crippen molar-refractivity contribution in [3.05, 3.63) is 47.5 Å². The summed E-state index contributed by atoms with van der Waals surface area (Å²) < 4.78 is 29.4. The fourth-order valence-electron chi connectivity index (χ4n) is 3.45. The van der Waals surface area contributed by atoms with Crippen LogP contribution in [-0.4, -0.2) is 42.5 Å². The van der Waals surface area contributed by atoms with Crippen LogP contribution in [0.4, 0.5) is 0 Å². The summed E-state index contributed by atoms with van der Waals surface area (Å²) in [4.78, 5) is 11.7. The molecule has 5 atom stereocenters. The summed E-state index contributed by atoms with van der Waals surface area (Å²) in [5.74, 6) is -1.05. The first kappa shape index (κ1) is 16.7. The lowest BCUT2D eigenvalue weighted by molar-refractivity contribution is -0.228. The number of fused-ring (bicyclic) bond motifs is 1. The van der Waals surface area contributed by atoms with Crippen LogP contribution >= 0.6 is 0 Å². The molecule has 2 saturated heterocycles. The molecule has 2 fully saturated rings. The standard InChI is InChI=1S/C19H22O6/c1-11-9-13(22-17(11)20)14-15(21-10-12-7-5-4-6-8-12)16-18(23-14)25-19(2,3)24-16/h4-9,13-16,18H,10H2,1-3H3/t13-,14-,15+,16-,18-/m1/s1. The quantitative estimate of drug-likeness (QED) is 0.780. The first-order valence-corrected chi connectivity index (χ1v) is 8.49. The van der Waals surface area contributed by atoms with E-state index in [-0.39, 0.29) is 12.1 Å². The van der Waals surface area contributed by atoms with Gasteiger partial charge in [0.15, 0.2) is 12.1 Å². The number of carbonyl (C=O) groups is 1. The third-order valence-electron chi connectivity index (χ3n) is 4.62. The largest absolute Gasteiger partial charge is 0.452 e. The highest BCUT2D eigenvalue weighted by Crippen LogP contribution is 2.41. The van der Waals surface area contributed by atoms with Gasteiger partial charge in [0.1, 0.15) is 24.4 Å². The maximum atomic E-state index is 11.7. The van der Waals surface area contributed by atoms with Gasteiger partial charge >= 0.3 is 5.97 Å². The summed E-state index contributed by atoms with van der Waals surface area (Å²) >= 11 is 0. The van der Waals surface area contributed by atoms with E-state index in [0.717, 1.165) is 5.56 Å². The Bertz CT molecular complexity index is 682. The molecule has 0 saturated carbocycles. The van der Waals surface area contributed by atoms with Gasteiger partial charge in [-0.25, -0.2) is 4.79 Å². The normalized spacial score (nSPS) is 36.2. The number of hydrogen-bond acceptors (Lipinski definition) is 6. The predicted molar refractivity (Wildman–Crippen MR) is 87.4 cm³/mol. The van der Waals surface area contributed by atoms with Crippen molar-refractivity contribution in [3.63, 3.8) is 0 Å². The van der Waals surface area contributed by atoms with E-state index in [0.29, 0.717) is 12.2 Å². The van der Waals surface area contributed by atoms with Crippen molar-refractivity contribution in [2.45, 2.75) is 63.9 Å². The zero-order valence-electron chi connectivity index (χ0n) is 14.5. The van der Waals surface area contributed by atoms with Gasteiger partial charge in [-0.15, -0.1) is 0 Å².